The molecule has 1 saturated heterocycles. The first-order valence-corrected chi connectivity index (χ1v) is 8.44. The highest BCUT2D eigenvalue weighted by Crippen LogP contribution is 2.38. The number of halogens is 1. The average molecular weight is 360 g/mol. The van der Waals surface area contributed by atoms with E-state index >= 15 is 0 Å². The Balaban J connectivity index is 1.94. The number of nitro benzene ring substituents is 1. The van der Waals surface area contributed by atoms with Gasteiger partial charge in [-0.1, -0.05) is 29.3 Å². The number of carbonyl (C=O) groups excluding carboxylic acids is 1. The SMILES string of the molecule is Cc1cccc(C(=O)Nc2cc(N3CCCC3)c([N+](=O)[O-])cc2Cl)c1. The van der Waals surface area contributed by atoms with Gasteiger partial charge in [-0.05, 0) is 38.0 Å². The van der Waals surface area contributed by atoms with E-state index in [1.165, 1.54) is 6.07 Å². The number of amides is 1. The summed E-state index contributed by atoms with van der Waals surface area (Å²) >= 11 is 6.18. The van der Waals surface area contributed by atoms with Crippen molar-refractivity contribution in [3.05, 3.63) is 62.7 Å². The molecule has 1 N–H and O–H groups in total. The van der Waals surface area contributed by atoms with Crippen LogP contribution >= 0.6 is 11.6 Å². The number of anilines is 2. The molecule has 0 radical (unpaired) electrons. The molecule has 2 aromatic carbocycles. The molecule has 0 spiro atoms. The minimum Gasteiger partial charge on any atom is -0.366 e. The molecule has 130 valence electrons. The normalized spacial score (nSPS) is 13.8. The predicted octanol–water partition coefficient (Wildman–Crippen LogP) is 4.41. The number of carbonyl (C=O) groups is 1. The van der Waals surface area contributed by atoms with Gasteiger partial charge in [0.05, 0.1) is 15.6 Å². The lowest BCUT2D eigenvalue weighted by molar-refractivity contribution is -0.384. The Bertz CT molecular complexity index is 832. The summed E-state index contributed by atoms with van der Waals surface area (Å²) in [7, 11) is 0. The van der Waals surface area contributed by atoms with E-state index in [9.17, 15) is 14.9 Å². The van der Waals surface area contributed by atoms with Gasteiger partial charge in [0.25, 0.3) is 11.6 Å². The summed E-state index contributed by atoms with van der Waals surface area (Å²) in [4.78, 5) is 25.3. The fourth-order valence-electron chi connectivity index (χ4n) is 2.99. The van der Waals surface area contributed by atoms with Gasteiger partial charge in [-0.15, -0.1) is 0 Å². The molecule has 1 fully saturated rings. The number of rotatable bonds is 4. The van der Waals surface area contributed by atoms with Crippen LogP contribution in [0.5, 0.6) is 0 Å². The van der Waals surface area contributed by atoms with E-state index in [4.69, 9.17) is 11.6 Å². The Morgan fingerprint density at radius 2 is 1.96 bits per heavy atom. The van der Waals surface area contributed by atoms with E-state index < -0.39 is 4.92 Å². The molecular weight excluding hydrogens is 342 g/mol. The lowest BCUT2D eigenvalue weighted by atomic mass is 10.1. The van der Waals surface area contributed by atoms with Gasteiger partial charge in [-0.3, -0.25) is 14.9 Å². The second-order valence-electron chi connectivity index (χ2n) is 6.10. The van der Waals surface area contributed by atoms with Crippen molar-refractivity contribution in [1.82, 2.24) is 0 Å². The Labute approximate surface area is 150 Å². The summed E-state index contributed by atoms with van der Waals surface area (Å²) in [6.07, 6.45) is 1.98. The van der Waals surface area contributed by atoms with Crippen molar-refractivity contribution in [2.24, 2.45) is 0 Å². The summed E-state index contributed by atoms with van der Waals surface area (Å²) in [5, 5.41) is 14.3. The van der Waals surface area contributed by atoms with Gasteiger partial charge in [0.1, 0.15) is 5.69 Å². The highest BCUT2D eigenvalue weighted by Gasteiger charge is 2.25. The Kier molecular flexibility index (Phi) is 4.90. The van der Waals surface area contributed by atoms with E-state index in [1.807, 2.05) is 17.9 Å². The maximum absolute atomic E-state index is 12.5. The fourth-order valence-corrected chi connectivity index (χ4v) is 3.19. The molecule has 1 aliphatic rings. The molecule has 0 aliphatic carbocycles. The van der Waals surface area contributed by atoms with Crippen molar-refractivity contribution in [1.29, 1.82) is 0 Å². The fraction of sp³-hybridized carbons (Fsp3) is 0.278. The first-order chi connectivity index (χ1) is 12.0. The number of nitrogens with zero attached hydrogens (tertiary/aromatic N) is 2. The minimum atomic E-state index is -0.439. The van der Waals surface area contributed by atoms with Crippen LogP contribution in [0.4, 0.5) is 17.1 Å². The molecule has 25 heavy (non-hydrogen) atoms. The quantitative estimate of drug-likeness (QED) is 0.648. The molecule has 0 unspecified atom stereocenters. The first kappa shape index (κ1) is 17.2. The number of aryl methyl sites for hydroxylation is 1. The predicted molar refractivity (Wildman–Crippen MR) is 98.7 cm³/mol. The van der Waals surface area contributed by atoms with Crippen LogP contribution in [0.25, 0.3) is 0 Å². The van der Waals surface area contributed by atoms with Gasteiger partial charge in [-0.25, -0.2) is 0 Å². The largest absolute Gasteiger partial charge is 0.366 e. The molecule has 1 heterocycles. The van der Waals surface area contributed by atoms with E-state index in [0.717, 1.165) is 31.5 Å². The average Bonchev–Trinajstić information content (AvgIpc) is 3.10. The van der Waals surface area contributed by atoms with Crippen LogP contribution in [0.1, 0.15) is 28.8 Å². The van der Waals surface area contributed by atoms with Crippen molar-refractivity contribution in [3.8, 4) is 0 Å². The third-order valence-corrected chi connectivity index (χ3v) is 4.55. The van der Waals surface area contributed by atoms with E-state index in [1.54, 1.807) is 24.3 Å². The summed E-state index contributed by atoms with van der Waals surface area (Å²) in [5.74, 6) is -0.299. The zero-order valence-electron chi connectivity index (χ0n) is 13.8. The van der Waals surface area contributed by atoms with Crippen molar-refractivity contribution in [2.45, 2.75) is 19.8 Å². The monoisotopic (exact) mass is 359 g/mol. The zero-order chi connectivity index (χ0) is 18.0. The summed E-state index contributed by atoms with van der Waals surface area (Å²) in [6, 6.07) is 10.1. The standard InChI is InChI=1S/C18H18ClN3O3/c1-12-5-4-6-13(9-12)18(23)20-15-11-16(21-7-2-3-8-21)17(22(24)25)10-14(15)19/h4-6,9-11H,2-3,7-8H2,1H3,(H,20,23). The van der Waals surface area contributed by atoms with Gasteiger partial charge in [-0.2, -0.15) is 0 Å². The highest BCUT2D eigenvalue weighted by molar-refractivity contribution is 6.34. The van der Waals surface area contributed by atoms with Crippen molar-refractivity contribution in [3.63, 3.8) is 0 Å². The topological polar surface area (TPSA) is 75.5 Å². The third kappa shape index (κ3) is 3.74. The molecule has 0 bridgehead atoms. The number of nitrogens with one attached hydrogen (secondary N) is 1. The molecule has 6 nitrogen and oxygen atoms in total. The third-order valence-electron chi connectivity index (χ3n) is 4.24. The van der Waals surface area contributed by atoms with Gasteiger partial charge < -0.3 is 10.2 Å². The molecule has 1 aliphatic heterocycles. The maximum atomic E-state index is 12.5. The van der Waals surface area contributed by atoms with Crippen molar-refractivity contribution >= 4 is 34.6 Å². The lowest BCUT2D eigenvalue weighted by Gasteiger charge is -2.19. The number of hydrogen-bond donors (Lipinski definition) is 1. The van der Waals surface area contributed by atoms with Crippen molar-refractivity contribution < 1.29 is 9.72 Å². The van der Waals surface area contributed by atoms with E-state index in [2.05, 4.69) is 5.32 Å². The lowest BCUT2D eigenvalue weighted by Crippen LogP contribution is -2.20. The second-order valence-corrected chi connectivity index (χ2v) is 6.50. The molecule has 7 heteroatoms. The van der Waals surface area contributed by atoms with Crippen LogP contribution in [0.2, 0.25) is 5.02 Å². The Morgan fingerprint density at radius 1 is 1.24 bits per heavy atom. The van der Waals surface area contributed by atoms with E-state index in [0.29, 0.717) is 16.9 Å². The molecule has 2 aromatic rings. The molecular formula is C18H18ClN3O3. The number of hydrogen-bond acceptors (Lipinski definition) is 4. The summed E-state index contributed by atoms with van der Waals surface area (Å²) in [5.41, 5.74) is 2.31. The van der Waals surface area contributed by atoms with Gasteiger partial charge in [0, 0.05) is 24.7 Å². The van der Waals surface area contributed by atoms with Crippen LogP contribution in [-0.4, -0.2) is 23.9 Å². The van der Waals surface area contributed by atoms with Crippen LogP contribution in [-0.2, 0) is 0 Å². The summed E-state index contributed by atoms with van der Waals surface area (Å²) < 4.78 is 0. The number of nitro groups is 1. The van der Waals surface area contributed by atoms with Gasteiger partial charge >= 0.3 is 0 Å². The van der Waals surface area contributed by atoms with Crippen LogP contribution < -0.4 is 10.2 Å². The Hall–Kier alpha value is -2.60. The van der Waals surface area contributed by atoms with Gasteiger partial charge in [0.15, 0.2) is 0 Å². The van der Waals surface area contributed by atoms with Crippen LogP contribution in [0.3, 0.4) is 0 Å². The minimum absolute atomic E-state index is 0.0412. The first-order valence-electron chi connectivity index (χ1n) is 8.06. The molecule has 0 saturated carbocycles. The summed E-state index contributed by atoms with van der Waals surface area (Å²) in [6.45, 7) is 3.42. The van der Waals surface area contributed by atoms with E-state index in [-0.39, 0.29) is 16.6 Å². The highest BCUT2D eigenvalue weighted by atomic mass is 35.5. The molecule has 0 atom stereocenters. The van der Waals surface area contributed by atoms with Crippen LogP contribution in [0, 0.1) is 17.0 Å². The molecule has 1 amide bonds. The smallest absolute Gasteiger partial charge is 0.294 e. The zero-order valence-corrected chi connectivity index (χ0v) is 14.5. The Morgan fingerprint density at radius 3 is 2.60 bits per heavy atom. The number of benzene rings is 2. The van der Waals surface area contributed by atoms with Crippen molar-refractivity contribution in [2.75, 3.05) is 23.3 Å². The van der Waals surface area contributed by atoms with Gasteiger partial charge in [0.2, 0.25) is 0 Å². The molecule has 0 aromatic heterocycles. The second kappa shape index (κ2) is 7.11. The molecule has 3 rings (SSSR count). The maximum Gasteiger partial charge on any atom is 0.294 e. The van der Waals surface area contributed by atoms with Crippen LogP contribution in [0.15, 0.2) is 36.4 Å².